The van der Waals surface area contributed by atoms with Crippen molar-refractivity contribution in [2.45, 2.75) is 237 Å². The van der Waals surface area contributed by atoms with E-state index in [0.29, 0.717) is 99.1 Å². The Morgan fingerprint density at radius 3 is 1.04 bits per heavy atom. The smallest absolute Gasteiger partial charge is 0.253 e. The van der Waals surface area contributed by atoms with Crippen LogP contribution in [-0.2, 0) is 0 Å². The van der Waals surface area contributed by atoms with Gasteiger partial charge in [0.1, 0.15) is 59.1 Å². The van der Waals surface area contributed by atoms with Crippen molar-refractivity contribution >= 4 is 93.4 Å². The number of anilines is 12. The van der Waals surface area contributed by atoms with Crippen molar-refractivity contribution in [1.82, 2.24) is 115 Å². The van der Waals surface area contributed by atoms with Crippen LogP contribution in [0.15, 0.2) is 129 Å². The van der Waals surface area contributed by atoms with Crippen molar-refractivity contribution in [3.8, 4) is 34.2 Å². The second-order valence-corrected chi connectivity index (χ2v) is 35.5. The molecular formula is C96H117N31O6. The number of carbonyl (C=O) groups excluding carboxylic acids is 4. The number of carbonyl (C=O) groups is 4. The van der Waals surface area contributed by atoms with Crippen LogP contribution in [0.25, 0.3) is 22.7 Å². The summed E-state index contributed by atoms with van der Waals surface area (Å²) in [6.45, 7) is 12.7. The maximum absolute atomic E-state index is 12.5. The minimum atomic E-state index is -0.168. The van der Waals surface area contributed by atoms with Crippen LogP contribution in [0, 0.1) is 13.8 Å². The van der Waals surface area contributed by atoms with E-state index in [4.69, 9.17) is 29.4 Å². The van der Waals surface area contributed by atoms with Gasteiger partial charge in [0.2, 0.25) is 23.8 Å². The highest BCUT2D eigenvalue weighted by molar-refractivity contribution is 5.97. The molecule has 4 aliphatic heterocycles. The van der Waals surface area contributed by atoms with E-state index < -0.39 is 0 Å². The largest absolute Gasteiger partial charge is 0.495 e. The van der Waals surface area contributed by atoms with E-state index in [0.717, 1.165) is 182 Å². The third-order valence-corrected chi connectivity index (χ3v) is 27.0. The van der Waals surface area contributed by atoms with E-state index in [9.17, 15) is 19.2 Å². The Morgan fingerprint density at radius 2 is 0.707 bits per heavy atom. The zero-order chi connectivity index (χ0) is 92.2. The first-order valence-electron chi connectivity index (χ1n) is 46.9. The number of nitrogens with zero attached hydrogens (tertiary/aromatic N) is 24. The summed E-state index contributed by atoms with van der Waals surface area (Å²) in [6, 6.07) is 24.5. The minimum absolute atomic E-state index is 0.0164. The first kappa shape index (κ1) is 89.3. The third-order valence-electron chi connectivity index (χ3n) is 27.0. The second-order valence-electron chi connectivity index (χ2n) is 35.5. The lowest BCUT2D eigenvalue weighted by molar-refractivity contribution is 0.0826. The number of hydrogen-bond acceptors (Lipinski definition) is 29. The maximum atomic E-state index is 12.5. The van der Waals surface area contributed by atoms with Crippen molar-refractivity contribution in [3.05, 3.63) is 186 Å². The molecule has 0 bridgehead atoms. The van der Waals surface area contributed by atoms with Gasteiger partial charge >= 0.3 is 0 Å². The Labute approximate surface area is 773 Å². The summed E-state index contributed by atoms with van der Waals surface area (Å²) >= 11 is 0. The van der Waals surface area contributed by atoms with Crippen LogP contribution in [-0.4, -0.2) is 195 Å². The summed E-state index contributed by atoms with van der Waals surface area (Å²) in [5.74, 6) is 10.4. The molecule has 692 valence electrons. The van der Waals surface area contributed by atoms with Crippen LogP contribution in [0.5, 0.6) is 11.5 Å². The molecule has 4 aromatic carbocycles. The molecule has 4 atom stereocenters. The Morgan fingerprint density at radius 1 is 0.391 bits per heavy atom. The van der Waals surface area contributed by atoms with Gasteiger partial charge in [0.15, 0.2) is 40.7 Å². The van der Waals surface area contributed by atoms with Gasteiger partial charge in [-0.2, -0.15) is 19.9 Å². The molecule has 9 aliphatic rings. The molecule has 12 aromatic rings. The SMILES string of the molecule is CC[C@@H]1c2nccn2-c2cnc(Nc3ccc(C(=O)NC)cc3OC)nc2N1C1CCCC1.CC[C@@H]1c2nncn2-c2cnc(Nc3ccc(C(=O)N(C)C)cc3C)nc2N1C1CCCC1.CC[C@@H]1c2nncn2-c2cnc(Nc3ccc(C(=O)NC)cc3C)nc2N1C1CCCC1.CC[C@@H]1c2nncn2-c2cnc(Nc3ccc(C(=O)NC4CC4)cc3OC)nc2N1C1CCCC1. The average molecular weight is 1800 g/mol. The topological polar surface area (TPSA) is 400 Å². The van der Waals surface area contributed by atoms with E-state index in [-0.39, 0.29) is 47.8 Å². The van der Waals surface area contributed by atoms with E-state index >= 15 is 0 Å². The van der Waals surface area contributed by atoms with Gasteiger partial charge in [-0.3, -0.25) is 37.4 Å². The number of nitrogens with one attached hydrogen (secondary N) is 7. The van der Waals surface area contributed by atoms with Crippen LogP contribution in [0.4, 0.5) is 69.8 Å². The standard InChI is InChI=1S/C25H30N8O2.C24H30N8O.C24H29N7O2.C23H28N8O/c1-3-19-23-31-27-14-32(23)20-13-26-25(30-22(20)33(19)17-6-4-5-7-17)29-18-11-8-15(12-21(18)35-2)24(34)28-16-9-10-16;1-5-19-22-29-26-14-31(22)20-13-25-24(28-21(20)32(19)17-8-6-7-9-17)27-18-11-10-16(12-15(18)2)23(33)30(3)4;1-4-18-21-26-11-12-30(21)19-14-27-24(29-22(19)31(18)16-7-5-6-8-16)28-17-10-9-15(23(32)25-2)13-20(17)33-3;1-4-18-21-29-26-13-30(21)19-12-25-23(28-20(19)31(18)16-7-5-6-8-16)27-17-10-9-15(11-14(17)2)22(32)24-3/h8,11-14,16-17,19H,3-7,9-10H2,1-2H3,(H,28,34)(H,26,29,30);10-14,17,19H,5-9H2,1-4H3,(H,25,27,28);9-14,16,18H,4-8H2,1-3H3,(H,25,32)(H,27,28,29);9-13,16,18H,4-8H2,1-3H3,(H,24,32)(H,25,27,28)/t2*19-;2*18-/m1111/s1. The Balaban J connectivity index is 0.000000119. The lowest BCUT2D eigenvalue weighted by Crippen LogP contribution is -2.42. The number of amides is 4. The van der Waals surface area contributed by atoms with Crippen LogP contribution in [0.1, 0.15) is 269 Å². The minimum Gasteiger partial charge on any atom is -0.495 e. The molecule has 0 radical (unpaired) electrons. The van der Waals surface area contributed by atoms with Gasteiger partial charge in [-0.1, -0.05) is 79.1 Å². The monoisotopic (exact) mass is 1800 g/mol. The molecule has 7 N–H and O–H groups in total. The molecule has 8 aromatic heterocycles. The lowest BCUT2D eigenvalue weighted by atomic mass is 10.0. The number of methoxy groups -OCH3 is 2. The molecule has 0 unspecified atom stereocenters. The Hall–Kier alpha value is -14.3. The molecule has 12 heterocycles. The summed E-state index contributed by atoms with van der Waals surface area (Å²) in [5, 5.41) is 47.5. The number of fused-ring (bicyclic) bond motifs is 12. The fourth-order valence-electron chi connectivity index (χ4n) is 20.2. The number of ether oxygens (including phenoxy) is 2. The van der Waals surface area contributed by atoms with E-state index in [1.165, 1.54) is 51.4 Å². The first-order chi connectivity index (χ1) is 64.9. The van der Waals surface area contributed by atoms with E-state index in [1.807, 2.05) is 107 Å². The van der Waals surface area contributed by atoms with Crippen molar-refractivity contribution in [2.24, 2.45) is 0 Å². The highest BCUT2D eigenvalue weighted by Crippen LogP contribution is 2.49. The maximum Gasteiger partial charge on any atom is 0.253 e. The Kier molecular flexibility index (Phi) is 26.2. The van der Waals surface area contributed by atoms with Gasteiger partial charge in [0.05, 0.1) is 74.5 Å². The summed E-state index contributed by atoms with van der Waals surface area (Å²) < 4.78 is 19.3. The highest BCUT2D eigenvalue weighted by atomic mass is 16.5. The number of aromatic nitrogens is 19. The number of benzene rings is 4. The molecule has 37 heteroatoms. The van der Waals surface area contributed by atoms with Crippen molar-refractivity contribution in [3.63, 3.8) is 0 Å². The average Bonchev–Trinajstić information content (AvgIpc) is 1.66. The lowest BCUT2D eigenvalue weighted by Gasteiger charge is -2.41. The molecule has 0 saturated heterocycles. The third kappa shape index (κ3) is 17.9. The predicted molar refractivity (Wildman–Crippen MR) is 508 cm³/mol. The Bertz CT molecular complexity index is 6240. The predicted octanol–water partition coefficient (Wildman–Crippen LogP) is 15.6. The fraction of sp³-hybridized carbons (Fsp3) is 0.448. The van der Waals surface area contributed by atoms with Gasteiger partial charge in [0, 0.05) is 104 Å². The molecule has 5 fully saturated rings. The molecule has 5 saturated carbocycles. The zero-order valence-corrected chi connectivity index (χ0v) is 77.6. The van der Waals surface area contributed by atoms with Gasteiger partial charge in [0.25, 0.3) is 23.6 Å². The van der Waals surface area contributed by atoms with Crippen LogP contribution < -0.4 is 66.3 Å². The molecule has 4 amide bonds. The number of hydrogen-bond donors (Lipinski definition) is 7. The van der Waals surface area contributed by atoms with Crippen molar-refractivity contribution in [1.29, 1.82) is 0 Å². The fourth-order valence-corrected chi connectivity index (χ4v) is 20.2. The number of rotatable bonds is 23. The summed E-state index contributed by atoms with van der Waals surface area (Å²) in [7, 11) is 9.92. The van der Waals surface area contributed by atoms with Crippen molar-refractivity contribution < 1.29 is 28.7 Å². The summed E-state index contributed by atoms with van der Waals surface area (Å²) in [6.07, 6.45) is 41.5. The van der Waals surface area contributed by atoms with Gasteiger partial charge in [-0.25, -0.2) is 24.9 Å². The number of aryl methyl sites for hydroxylation is 2. The molecule has 21 rings (SSSR count). The highest BCUT2D eigenvalue weighted by Gasteiger charge is 2.44. The normalized spacial score (nSPS) is 18.0. The first-order valence-corrected chi connectivity index (χ1v) is 46.9. The van der Waals surface area contributed by atoms with Gasteiger partial charge < -0.3 is 71.2 Å². The van der Waals surface area contributed by atoms with Crippen LogP contribution in [0.3, 0.4) is 0 Å². The van der Waals surface area contributed by atoms with Crippen LogP contribution in [0.2, 0.25) is 0 Å². The zero-order valence-electron chi connectivity index (χ0n) is 77.6. The second kappa shape index (κ2) is 39.0. The molecule has 37 nitrogen and oxygen atoms in total. The van der Waals surface area contributed by atoms with Crippen molar-refractivity contribution in [2.75, 3.05) is 83.3 Å². The van der Waals surface area contributed by atoms with Gasteiger partial charge in [-0.15, -0.1) is 30.6 Å². The van der Waals surface area contributed by atoms with Gasteiger partial charge in [-0.05, 0) is 188 Å². The molecule has 5 aliphatic carbocycles. The number of imidazole rings is 1. The molecular weight excluding hydrogens is 1680 g/mol. The quantitative estimate of drug-likeness (QED) is 0.0313. The molecule has 0 spiro atoms. The molecule has 133 heavy (non-hydrogen) atoms. The van der Waals surface area contributed by atoms with E-state index in [1.54, 1.807) is 96.6 Å². The van der Waals surface area contributed by atoms with E-state index in [2.05, 4.69) is 145 Å². The summed E-state index contributed by atoms with van der Waals surface area (Å²) in [5.41, 5.74) is 11.1. The summed E-state index contributed by atoms with van der Waals surface area (Å²) in [4.78, 5) is 103. The van der Waals surface area contributed by atoms with Crippen LogP contribution >= 0.6 is 0 Å².